The van der Waals surface area contributed by atoms with Gasteiger partial charge in [0.15, 0.2) is 0 Å². The molecule has 0 atom stereocenters. The second-order valence-electron chi connectivity index (χ2n) is 5.77. The molecule has 104 valence electrons. The largest absolute Gasteiger partial charge is 0.356 e. The molecule has 1 N–H and O–H groups in total. The average molecular weight is 260 g/mol. The van der Waals surface area contributed by atoms with Gasteiger partial charge in [0.25, 0.3) is 0 Å². The molecule has 0 aromatic carbocycles. The first-order valence-corrected chi connectivity index (χ1v) is 7.67. The third kappa shape index (κ3) is 2.73. The van der Waals surface area contributed by atoms with Crippen LogP contribution in [0.2, 0.25) is 0 Å². The van der Waals surface area contributed by atoms with E-state index >= 15 is 0 Å². The Labute approximate surface area is 115 Å². The topological polar surface area (TPSA) is 41.1 Å². The summed E-state index contributed by atoms with van der Waals surface area (Å²) < 4.78 is 0. The summed E-state index contributed by atoms with van der Waals surface area (Å²) in [6.07, 6.45) is 8.13. The van der Waals surface area contributed by atoms with E-state index in [0.29, 0.717) is 0 Å². The van der Waals surface area contributed by atoms with Gasteiger partial charge in [-0.25, -0.2) is 9.97 Å². The minimum absolute atomic E-state index is 0.928. The Morgan fingerprint density at radius 1 is 1.32 bits per heavy atom. The molecule has 0 saturated carbocycles. The maximum Gasteiger partial charge on any atom is 0.136 e. The zero-order valence-corrected chi connectivity index (χ0v) is 11.9. The molecular weight excluding hydrogens is 236 g/mol. The van der Waals surface area contributed by atoms with Crippen molar-refractivity contribution in [1.29, 1.82) is 0 Å². The molecule has 2 aliphatic rings. The van der Waals surface area contributed by atoms with Gasteiger partial charge in [0.05, 0.1) is 5.69 Å². The molecule has 0 aliphatic carbocycles. The average Bonchev–Trinajstić information content (AvgIpc) is 2.48. The molecule has 1 aromatic heterocycles. The summed E-state index contributed by atoms with van der Waals surface area (Å²) >= 11 is 0. The second kappa shape index (κ2) is 5.87. The van der Waals surface area contributed by atoms with Crippen molar-refractivity contribution < 1.29 is 0 Å². The SMILES string of the molecule is CCCC1CCN(c2ncnc3c2CNCC3)CC1. The van der Waals surface area contributed by atoms with Gasteiger partial charge in [0.2, 0.25) is 0 Å². The first-order chi connectivity index (χ1) is 9.38. The third-order valence-electron chi connectivity index (χ3n) is 4.46. The van der Waals surface area contributed by atoms with Crippen LogP contribution in [-0.2, 0) is 13.0 Å². The molecule has 3 heterocycles. The van der Waals surface area contributed by atoms with E-state index in [1.807, 2.05) is 0 Å². The van der Waals surface area contributed by atoms with Crippen LogP contribution >= 0.6 is 0 Å². The van der Waals surface area contributed by atoms with Crippen LogP contribution in [-0.4, -0.2) is 29.6 Å². The summed E-state index contributed by atoms with van der Waals surface area (Å²) in [6, 6.07) is 0. The van der Waals surface area contributed by atoms with Gasteiger partial charge in [0.1, 0.15) is 12.1 Å². The molecular formula is C15H24N4. The maximum absolute atomic E-state index is 4.56. The molecule has 2 aliphatic heterocycles. The van der Waals surface area contributed by atoms with Gasteiger partial charge >= 0.3 is 0 Å². The van der Waals surface area contributed by atoms with Gasteiger partial charge in [-0.3, -0.25) is 0 Å². The molecule has 1 aromatic rings. The first kappa shape index (κ1) is 12.9. The molecule has 1 fully saturated rings. The predicted octanol–water partition coefficient (Wildman–Crippen LogP) is 2.14. The van der Waals surface area contributed by atoms with Crippen molar-refractivity contribution in [3.8, 4) is 0 Å². The Kier molecular flexibility index (Phi) is 3.97. The Morgan fingerprint density at radius 2 is 2.16 bits per heavy atom. The van der Waals surface area contributed by atoms with Gasteiger partial charge in [-0.2, -0.15) is 0 Å². The smallest absolute Gasteiger partial charge is 0.136 e. The van der Waals surface area contributed by atoms with Crippen LogP contribution in [0.1, 0.15) is 43.9 Å². The number of piperidine rings is 1. The van der Waals surface area contributed by atoms with Crippen LogP contribution < -0.4 is 10.2 Å². The number of hydrogen-bond acceptors (Lipinski definition) is 4. The van der Waals surface area contributed by atoms with Gasteiger partial charge in [-0.1, -0.05) is 19.8 Å². The zero-order valence-electron chi connectivity index (χ0n) is 11.9. The molecule has 4 heteroatoms. The molecule has 0 unspecified atom stereocenters. The third-order valence-corrected chi connectivity index (χ3v) is 4.46. The van der Waals surface area contributed by atoms with Crippen molar-refractivity contribution in [2.75, 3.05) is 24.5 Å². The number of rotatable bonds is 3. The molecule has 1 saturated heterocycles. The van der Waals surface area contributed by atoms with Crippen LogP contribution in [0.4, 0.5) is 5.82 Å². The van der Waals surface area contributed by atoms with Crippen LogP contribution in [0.3, 0.4) is 0 Å². The molecule has 0 spiro atoms. The second-order valence-corrected chi connectivity index (χ2v) is 5.77. The predicted molar refractivity (Wildman–Crippen MR) is 77.3 cm³/mol. The highest BCUT2D eigenvalue weighted by Crippen LogP contribution is 2.28. The lowest BCUT2D eigenvalue weighted by atomic mass is 9.92. The number of nitrogens with one attached hydrogen (secondary N) is 1. The van der Waals surface area contributed by atoms with E-state index in [0.717, 1.165) is 38.5 Å². The van der Waals surface area contributed by atoms with E-state index in [1.54, 1.807) is 6.33 Å². The summed E-state index contributed by atoms with van der Waals surface area (Å²) in [4.78, 5) is 11.5. The number of fused-ring (bicyclic) bond motifs is 1. The van der Waals surface area contributed by atoms with E-state index in [2.05, 4.69) is 27.1 Å². The summed E-state index contributed by atoms with van der Waals surface area (Å²) in [6.45, 7) is 6.59. The van der Waals surface area contributed by atoms with E-state index in [4.69, 9.17) is 0 Å². The molecule has 0 radical (unpaired) electrons. The van der Waals surface area contributed by atoms with E-state index in [1.165, 1.54) is 42.8 Å². The van der Waals surface area contributed by atoms with Crippen molar-refractivity contribution >= 4 is 5.82 Å². The van der Waals surface area contributed by atoms with Crippen molar-refractivity contribution in [3.63, 3.8) is 0 Å². The van der Waals surface area contributed by atoms with Crippen LogP contribution in [0.15, 0.2) is 6.33 Å². The summed E-state index contributed by atoms with van der Waals surface area (Å²) in [5.41, 5.74) is 2.59. The Morgan fingerprint density at radius 3 is 2.95 bits per heavy atom. The lowest BCUT2D eigenvalue weighted by Gasteiger charge is -2.34. The lowest BCUT2D eigenvalue weighted by molar-refractivity contribution is 0.376. The van der Waals surface area contributed by atoms with E-state index in [-0.39, 0.29) is 0 Å². The minimum atomic E-state index is 0.928. The summed E-state index contributed by atoms with van der Waals surface area (Å²) in [5.74, 6) is 2.11. The Balaban J connectivity index is 1.73. The highest BCUT2D eigenvalue weighted by molar-refractivity contribution is 5.49. The highest BCUT2D eigenvalue weighted by atomic mass is 15.2. The maximum atomic E-state index is 4.56. The van der Waals surface area contributed by atoms with Gasteiger partial charge in [-0.05, 0) is 18.8 Å². The quantitative estimate of drug-likeness (QED) is 0.904. The highest BCUT2D eigenvalue weighted by Gasteiger charge is 2.23. The van der Waals surface area contributed by atoms with E-state index < -0.39 is 0 Å². The lowest BCUT2D eigenvalue weighted by Crippen LogP contribution is -2.36. The van der Waals surface area contributed by atoms with Gasteiger partial charge in [0, 0.05) is 38.2 Å². The van der Waals surface area contributed by atoms with Crippen molar-refractivity contribution in [1.82, 2.24) is 15.3 Å². The molecule has 0 bridgehead atoms. The fraction of sp³-hybridized carbons (Fsp3) is 0.733. The van der Waals surface area contributed by atoms with Gasteiger partial charge in [-0.15, -0.1) is 0 Å². The Hall–Kier alpha value is -1.16. The first-order valence-electron chi connectivity index (χ1n) is 7.67. The van der Waals surface area contributed by atoms with Crippen molar-refractivity contribution in [2.24, 2.45) is 5.92 Å². The standard InChI is InChI=1S/C15H24N4/c1-2-3-12-5-8-19(9-6-12)15-13-10-16-7-4-14(13)17-11-18-15/h11-12,16H,2-10H2,1H3. The molecule has 4 nitrogen and oxygen atoms in total. The summed E-state index contributed by atoms with van der Waals surface area (Å²) in [5, 5.41) is 3.44. The number of anilines is 1. The summed E-state index contributed by atoms with van der Waals surface area (Å²) in [7, 11) is 0. The fourth-order valence-electron chi connectivity index (χ4n) is 3.37. The number of nitrogens with zero attached hydrogens (tertiary/aromatic N) is 3. The number of hydrogen-bond donors (Lipinski definition) is 1. The van der Waals surface area contributed by atoms with Crippen molar-refractivity contribution in [3.05, 3.63) is 17.6 Å². The Bertz CT molecular complexity index is 424. The fourth-order valence-corrected chi connectivity index (χ4v) is 3.37. The van der Waals surface area contributed by atoms with E-state index in [9.17, 15) is 0 Å². The monoisotopic (exact) mass is 260 g/mol. The van der Waals surface area contributed by atoms with Gasteiger partial charge < -0.3 is 10.2 Å². The molecule has 3 rings (SSSR count). The van der Waals surface area contributed by atoms with Crippen LogP contribution in [0.5, 0.6) is 0 Å². The van der Waals surface area contributed by atoms with Crippen LogP contribution in [0.25, 0.3) is 0 Å². The molecule has 19 heavy (non-hydrogen) atoms. The zero-order chi connectivity index (χ0) is 13.1. The normalized spacial score (nSPS) is 20.4. The van der Waals surface area contributed by atoms with Crippen LogP contribution in [0, 0.1) is 5.92 Å². The number of aromatic nitrogens is 2. The van der Waals surface area contributed by atoms with Crippen molar-refractivity contribution in [2.45, 2.75) is 45.6 Å². The minimum Gasteiger partial charge on any atom is -0.356 e. The molecule has 0 amide bonds.